The molecule has 0 unspecified atom stereocenters. The van der Waals surface area contributed by atoms with Gasteiger partial charge in [0.2, 0.25) is 0 Å². The minimum Gasteiger partial charge on any atom is -0.453 e. The molecule has 0 bridgehead atoms. The molecule has 0 aromatic heterocycles. The quantitative estimate of drug-likeness (QED) is 0.745. The molecule has 1 heterocycles. The lowest BCUT2D eigenvalue weighted by Gasteiger charge is -2.21. The normalized spacial score (nSPS) is 15.5. The van der Waals surface area contributed by atoms with Crippen LogP contribution in [0.4, 0.5) is 18.0 Å². The Hall–Kier alpha value is -2.25. The van der Waals surface area contributed by atoms with Gasteiger partial charge < -0.3 is 14.5 Å². The number of carbonyl (C=O) groups excluding carboxylic acids is 2. The summed E-state index contributed by atoms with van der Waals surface area (Å²) in [6.07, 6.45) is -0.0279. The minimum absolute atomic E-state index is 0.159. The Bertz CT molecular complexity index is 595. The minimum atomic E-state index is -1.67. The summed E-state index contributed by atoms with van der Waals surface area (Å²) in [5.74, 6) is -5.25. The first-order valence-corrected chi connectivity index (χ1v) is 6.71. The van der Waals surface area contributed by atoms with Crippen LogP contribution in [-0.2, 0) is 4.74 Å². The molecular formula is C14H15F3N2O3. The molecule has 0 radical (unpaired) electrons. The van der Waals surface area contributed by atoms with Crippen LogP contribution in [0.2, 0.25) is 0 Å². The van der Waals surface area contributed by atoms with Gasteiger partial charge in [0.15, 0.2) is 17.5 Å². The molecule has 5 nitrogen and oxygen atoms in total. The zero-order valence-electron chi connectivity index (χ0n) is 11.9. The van der Waals surface area contributed by atoms with Crippen molar-refractivity contribution in [2.45, 2.75) is 6.42 Å². The van der Waals surface area contributed by atoms with Crippen LogP contribution < -0.4 is 0 Å². The van der Waals surface area contributed by atoms with E-state index in [1.54, 1.807) is 0 Å². The van der Waals surface area contributed by atoms with Crippen molar-refractivity contribution in [3.63, 3.8) is 0 Å². The zero-order chi connectivity index (χ0) is 16.3. The van der Waals surface area contributed by atoms with Crippen LogP contribution in [0.15, 0.2) is 12.1 Å². The summed E-state index contributed by atoms with van der Waals surface area (Å²) < 4.78 is 44.4. The van der Waals surface area contributed by atoms with Gasteiger partial charge in [-0.15, -0.1) is 0 Å². The van der Waals surface area contributed by atoms with Crippen molar-refractivity contribution in [3.05, 3.63) is 35.1 Å². The van der Waals surface area contributed by atoms with Crippen LogP contribution in [0.3, 0.4) is 0 Å². The molecule has 1 fully saturated rings. The number of benzene rings is 1. The summed E-state index contributed by atoms with van der Waals surface area (Å²) in [4.78, 5) is 26.4. The van der Waals surface area contributed by atoms with E-state index in [2.05, 4.69) is 4.74 Å². The topological polar surface area (TPSA) is 49.9 Å². The maximum absolute atomic E-state index is 13.7. The zero-order valence-corrected chi connectivity index (χ0v) is 11.9. The van der Waals surface area contributed by atoms with Gasteiger partial charge in [-0.1, -0.05) is 0 Å². The van der Waals surface area contributed by atoms with Gasteiger partial charge in [0.05, 0.1) is 12.7 Å². The first kappa shape index (κ1) is 16.1. The fraction of sp³-hybridized carbons (Fsp3) is 0.429. The monoisotopic (exact) mass is 316 g/mol. The number of hydrogen-bond donors (Lipinski definition) is 0. The predicted octanol–water partition coefficient (Wildman–Crippen LogP) is 2.02. The highest BCUT2D eigenvalue weighted by molar-refractivity contribution is 5.94. The first-order valence-electron chi connectivity index (χ1n) is 6.71. The van der Waals surface area contributed by atoms with E-state index in [4.69, 9.17) is 0 Å². The summed E-state index contributed by atoms with van der Waals surface area (Å²) in [6, 6.07) is 1.63. The summed E-state index contributed by atoms with van der Waals surface area (Å²) in [5.41, 5.74) is -0.523. The van der Waals surface area contributed by atoms with Crippen LogP contribution in [0.25, 0.3) is 0 Å². The highest BCUT2D eigenvalue weighted by Crippen LogP contribution is 2.18. The van der Waals surface area contributed by atoms with Gasteiger partial charge in [0, 0.05) is 26.2 Å². The summed E-state index contributed by atoms with van der Waals surface area (Å²) in [6.45, 7) is 1.07. The maximum Gasteiger partial charge on any atom is 0.409 e. The Balaban J connectivity index is 2.14. The van der Waals surface area contributed by atoms with E-state index in [1.807, 2.05) is 0 Å². The van der Waals surface area contributed by atoms with Crippen molar-refractivity contribution in [3.8, 4) is 0 Å². The van der Waals surface area contributed by atoms with Crippen molar-refractivity contribution in [1.82, 2.24) is 9.80 Å². The molecule has 1 saturated heterocycles. The molecule has 8 heteroatoms. The third-order valence-corrected chi connectivity index (χ3v) is 3.48. The van der Waals surface area contributed by atoms with Crippen molar-refractivity contribution >= 4 is 12.0 Å². The van der Waals surface area contributed by atoms with E-state index >= 15 is 0 Å². The van der Waals surface area contributed by atoms with Crippen molar-refractivity contribution in [2.75, 3.05) is 33.3 Å². The molecule has 1 aromatic carbocycles. The van der Waals surface area contributed by atoms with Crippen molar-refractivity contribution in [2.24, 2.45) is 0 Å². The van der Waals surface area contributed by atoms with Gasteiger partial charge in [-0.2, -0.15) is 0 Å². The highest BCUT2D eigenvalue weighted by atomic mass is 19.2. The second-order valence-corrected chi connectivity index (χ2v) is 4.83. The number of hydrogen-bond acceptors (Lipinski definition) is 3. The van der Waals surface area contributed by atoms with Gasteiger partial charge in [0.1, 0.15) is 0 Å². The lowest BCUT2D eigenvalue weighted by Crippen LogP contribution is -2.37. The fourth-order valence-corrected chi connectivity index (χ4v) is 2.29. The molecular weight excluding hydrogens is 301 g/mol. The Morgan fingerprint density at radius 3 is 2.32 bits per heavy atom. The standard InChI is InChI=1S/C14H15F3N2O3/c1-22-14(21)19-6-2-5-18(7-8-19)13(20)9-3-4-10(15)12(17)11(9)16/h3-4H,2,5-8H2,1H3. The third kappa shape index (κ3) is 3.15. The molecule has 0 spiro atoms. The van der Waals surface area contributed by atoms with Crippen LogP contribution in [0, 0.1) is 17.5 Å². The highest BCUT2D eigenvalue weighted by Gasteiger charge is 2.26. The molecule has 0 saturated carbocycles. The number of amides is 2. The summed E-state index contributed by atoms with van der Waals surface area (Å²) >= 11 is 0. The largest absolute Gasteiger partial charge is 0.453 e. The molecule has 0 N–H and O–H groups in total. The van der Waals surface area contributed by atoms with Crippen LogP contribution >= 0.6 is 0 Å². The van der Waals surface area contributed by atoms with Crippen LogP contribution in [0.5, 0.6) is 0 Å². The molecule has 22 heavy (non-hydrogen) atoms. The maximum atomic E-state index is 13.7. The summed E-state index contributed by atoms with van der Waals surface area (Å²) in [5, 5.41) is 0. The second-order valence-electron chi connectivity index (χ2n) is 4.83. The smallest absolute Gasteiger partial charge is 0.409 e. The van der Waals surface area contributed by atoms with Crippen LogP contribution in [0.1, 0.15) is 16.8 Å². The Labute approximate surface area is 125 Å². The average molecular weight is 316 g/mol. The molecule has 1 aromatic rings. The van der Waals surface area contributed by atoms with E-state index in [9.17, 15) is 22.8 Å². The van der Waals surface area contributed by atoms with Gasteiger partial charge >= 0.3 is 6.09 Å². The number of carbonyl (C=O) groups is 2. The van der Waals surface area contributed by atoms with E-state index in [0.717, 1.165) is 6.07 Å². The fourth-order valence-electron chi connectivity index (χ4n) is 2.29. The van der Waals surface area contributed by atoms with Gasteiger partial charge in [0.25, 0.3) is 5.91 Å². The number of rotatable bonds is 1. The molecule has 1 aliphatic heterocycles. The molecule has 120 valence electrons. The number of methoxy groups -OCH3 is 1. The molecule has 1 aliphatic rings. The number of nitrogens with zero attached hydrogens (tertiary/aromatic N) is 2. The molecule has 2 amide bonds. The summed E-state index contributed by atoms with van der Waals surface area (Å²) in [7, 11) is 1.26. The SMILES string of the molecule is COC(=O)N1CCCN(C(=O)c2ccc(F)c(F)c2F)CC1. The number of ether oxygens (including phenoxy) is 1. The van der Waals surface area contributed by atoms with E-state index in [1.165, 1.54) is 16.9 Å². The number of halogens is 3. The Morgan fingerprint density at radius 1 is 1.00 bits per heavy atom. The van der Waals surface area contributed by atoms with E-state index in [-0.39, 0.29) is 19.6 Å². The Kier molecular flexibility index (Phi) is 4.89. The van der Waals surface area contributed by atoms with Gasteiger partial charge in [-0.25, -0.2) is 18.0 Å². The average Bonchev–Trinajstić information content (AvgIpc) is 2.77. The van der Waals surface area contributed by atoms with Crippen molar-refractivity contribution in [1.29, 1.82) is 0 Å². The van der Waals surface area contributed by atoms with E-state index < -0.39 is 35.0 Å². The molecule has 0 aliphatic carbocycles. The van der Waals surface area contributed by atoms with Crippen LogP contribution in [-0.4, -0.2) is 55.1 Å². The van der Waals surface area contributed by atoms with Gasteiger partial charge in [-0.3, -0.25) is 4.79 Å². The van der Waals surface area contributed by atoms with Gasteiger partial charge in [-0.05, 0) is 18.6 Å². The second kappa shape index (κ2) is 6.67. The van der Waals surface area contributed by atoms with E-state index in [0.29, 0.717) is 19.0 Å². The third-order valence-electron chi connectivity index (χ3n) is 3.48. The molecule has 2 rings (SSSR count). The predicted molar refractivity (Wildman–Crippen MR) is 70.8 cm³/mol. The van der Waals surface area contributed by atoms with Crippen molar-refractivity contribution < 1.29 is 27.5 Å². The molecule has 0 atom stereocenters. The Morgan fingerprint density at radius 2 is 1.64 bits per heavy atom. The first-order chi connectivity index (χ1) is 10.5. The lowest BCUT2D eigenvalue weighted by molar-refractivity contribution is 0.0751. The lowest BCUT2D eigenvalue weighted by atomic mass is 10.1.